The molecule has 3 rings (SSSR count). The predicted molar refractivity (Wildman–Crippen MR) is 107 cm³/mol. The molecule has 3 aromatic rings. The molecule has 6 heteroatoms. The van der Waals surface area contributed by atoms with E-state index in [4.69, 9.17) is 9.47 Å². The van der Waals surface area contributed by atoms with Crippen LogP contribution in [0.2, 0.25) is 0 Å². The second-order valence-electron chi connectivity index (χ2n) is 5.92. The van der Waals surface area contributed by atoms with Crippen LogP contribution in [0.25, 0.3) is 0 Å². The zero-order chi connectivity index (χ0) is 19.6. The first kappa shape index (κ1) is 19.2. The fourth-order valence-corrected chi connectivity index (χ4v) is 2.48. The standard InChI is InChI=1S/C22H21FN2O3/c23-20-11-4-5-12-21(20)24-16-22(26)25-17-7-6-10-19(15-17)28-14-13-27-18-8-2-1-3-9-18/h1-12,15,24H,13-14,16H2,(H,25,26). The van der Waals surface area contributed by atoms with Crippen molar-refractivity contribution in [2.45, 2.75) is 0 Å². The maximum atomic E-state index is 13.6. The van der Waals surface area contributed by atoms with E-state index in [1.54, 1.807) is 42.5 Å². The normalized spacial score (nSPS) is 10.2. The second kappa shape index (κ2) is 9.97. The van der Waals surface area contributed by atoms with E-state index in [-0.39, 0.29) is 18.1 Å². The molecule has 0 aliphatic rings. The summed E-state index contributed by atoms with van der Waals surface area (Å²) in [5, 5.41) is 5.52. The first-order chi connectivity index (χ1) is 13.7. The molecule has 3 aromatic carbocycles. The van der Waals surface area contributed by atoms with Gasteiger partial charge in [0.25, 0.3) is 0 Å². The van der Waals surface area contributed by atoms with Gasteiger partial charge in [-0.25, -0.2) is 4.39 Å². The molecule has 0 radical (unpaired) electrons. The number of hydrogen-bond donors (Lipinski definition) is 2. The van der Waals surface area contributed by atoms with Gasteiger partial charge in [-0.3, -0.25) is 4.79 Å². The van der Waals surface area contributed by atoms with Crippen LogP contribution in [-0.4, -0.2) is 25.7 Å². The van der Waals surface area contributed by atoms with Crippen LogP contribution in [0.15, 0.2) is 78.9 Å². The summed E-state index contributed by atoms with van der Waals surface area (Å²) in [5.41, 5.74) is 0.884. The number of carbonyl (C=O) groups is 1. The van der Waals surface area contributed by atoms with Crippen molar-refractivity contribution in [3.63, 3.8) is 0 Å². The average molecular weight is 380 g/mol. The van der Waals surface area contributed by atoms with Gasteiger partial charge < -0.3 is 20.1 Å². The van der Waals surface area contributed by atoms with E-state index in [9.17, 15) is 9.18 Å². The van der Waals surface area contributed by atoms with E-state index in [2.05, 4.69) is 10.6 Å². The van der Waals surface area contributed by atoms with Crippen molar-refractivity contribution in [1.29, 1.82) is 0 Å². The van der Waals surface area contributed by atoms with E-state index < -0.39 is 5.82 Å². The molecule has 0 heterocycles. The van der Waals surface area contributed by atoms with Gasteiger partial charge in [-0.15, -0.1) is 0 Å². The summed E-state index contributed by atoms with van der Waals surface area (Å²) in [6, 6.07) is 22.8. The summed E-state index contributed by atoms with van der Waals surface area (Å²) >= 11 is 0. The molecule has 0 saturated heterocycles. The highest BCUT2D eigenvalue weighted by Gasteiger charge is 2.06. The Bertz CT molecular complexity index is 903. The van der Waals surface area contributed by atoms with E-state index in [0.29, 0.717) is 24.7 Å². The van der Waals surface area contributed by atoms with E-state index >= 15 is 0 Å². The zero-order valence-corrected chi connectivity index (χ0v) is 15.2. The first-order valence-electron chi connectivity index (χ1n) is 8.90. The maximum Gasteiger partial charge on any atom is 0.243 e. The molecular weight excluding hydrogens is 359 g/mol. The monoisotopic (exact) mass is 380 g/mol. The number of halogens is 1. The van der Waals surface area contributed by atoms with Crippen LogP contribution in [0.5, 0.6) is 11.5 Å². The molecule has 5 nitrogen and oxygen atoms in total. The van der Waals surface area contributed by atoms with Crippen molar-refractivity contribution in [3.05, 3.63) is 84.7 Å². The van der Waals surface area contributed by atoms with E-state index in [1.807, 2.05) is 30.3 Å². The topological polar surface area (TPSA) is 59.6 Å². The summed E-state index contributed by atoms with van der Waals surface area (Å²) in [4.78, 5) is 12.1. The fraction of sp³-hybridized carbons (Fsp3) is 0.136. The third-order valence-electron chi connectivity index (χ3n) is 3.80. The van der Waals surface area contributed by atoms with Crippen LogP contribution < -0.4 is 20.1 Å². The summed E-state index contributed by atoms with van der Waals surface area (Å²) in [6.45, 7) is 0.741. The highest BCUT2D eigenvalue weighted by atomic mass is 19.1. The Labute approximate surface area is 163 Å². The van der Waals surface area contributed by atoms with Gasteiger partial charge >= 0.3 is 0 Å². The van der Waals surface area contributed by atoms with Gasteiger partial charge in [-0.05, 0) is 36.4 Å². The van der Waals surface area contributed by atoms with Crippen LogP contribution in [-0.2, 0) is 4.79 Å². The number of para-hydroxylation sites is 2. The lowest BCUT2D eigenvalue weighted by Gasteiger charge is -2.11. The van der Waals surface area contributed by atoms with Crippen LogP contribution >= 0.6 is 0 Å². The number of hydrogen-bond acceptors (Lipinski definition) is 4. The molecule has 144 valence electrons. The Balaban J connectivity index is 1.43. The molecule has 28 heavy (non-hydrogen) atoms. The van der Waals surface area contributed by atoms with Gasteiger partial charge in [-0.2, -0.15) is 0 Å². The van der Waals surface area contributed by atoms with Crippen molar-refractivity contribution < 1.29 is 18.7 Å². The Morgan fingerprint density at radius 3 is 2.29 bits per heavy atom. The lowest BCUT2D eigenvalue weighted by molar-refractivity contribution is -0.114. The first-order valence-corrected chi connectivity index (χ1v) is 8.90. The average Bonchev–Trinajstić information content (AvgIpc) is 2.72. The molecule has 0 saturated carbocycles. The molecule has 0 spiro atoms. The molecule has 0 bridgehead atoms. The molecule has 0 aliphatic carbocycles. The largest absolute Gasteiger partial charge is 0.490 e. The highest BCUT2D eigenvalue weighted by Crippen LogP contribution is 2.18. The van der Waals surface area contributed by atoms with Gasteiger partial charge in [0.05, 0.1) is 12.2 Å². The number of nitrogens with one attached hydrogen (secondary N) is 2. The number of carbonyl (C=O) groups excluding carboxylic acids is 1. The Morgan fingerprint density at radius 2 is 1.50 bits per heavy atom. The lowest BCUT2D eigenvalue weighted by atomic mass is 10.3. The SMILES string of the molecule is O=C(CNc1ccccc1F)Nc1cccc(OCCOc2ccccc2)c1. The Hall–Kier alpha value is -3.54. The third-order valence-corrected chi connectivity index (χ3v) is 3.80. The smallest absolute Gasteiger partial charge is 0.243 e. The molecule has 1 amide bonds. The van der Waals surface area contributed by atoms with Crippen molar-refractivity contribution in [2.75, 3.05) is 30.4 Å². The van der Waals surface area contributed by atoms with E-state index in [1.165, 1.54) is 6.07 Å². The fourth-order valence-electron chi connectivity index (χ4n) is 2.48. The number of rotatable bonds is 9. The predicted octanol–water partition coefficient (Wildman–Crippen LogP) is 4.33. The third kappa shape index (κ3) is 6.02. The van der Waals surface area contributed by atoms with Crippen LogP contribution in [0.3, 0.4) is 0 Å². The zero-order valence-electron chi connectivity index (χ0n) is 15.2. The molecule has 2 N–H and O–H groups in total. The molecule has 0 unspecified atom stereocenters. The summed E-state index contributed by atoms with van der Waals surface area (Å²) < 4.78 is 24.8. The number of ether oxygens (including phenoxy) is 2. The minimum atomic E-state index is -0.400. The number of benzene rings is 3. The number of anilines is 2. The minimum absolute atomic E-state index is 0.0447. The van der Waals surface area contributed by atoms with Gasteiger partial charge in [0.15, 0.2) is 0 Å². The molecule has 0 atom stereocenters. The van der Waals surface area contributed by atoms with Crippen LogP contribution in [0.4, 0.5) is 15.8 Å². The van der Waals surface area contributed by atoms with Crippen molar-refractivity contribution in [1.82, 2.24) is 0 Å². The molecule has 0 fully saturated rings. The second-order valence-corrected chi connectivity index (χ2v) is 5.92. The van der Waals surface area contributed by atoms with Gasteiger partial charge in [-0.1, -0.05) is 36.4 Å². The van der Waals surface area contributed by atoms with Gasteiger partial charge in [0.2, 0.25) is 5.91 Å². The van der Waals surface area contributed by atoms with Gasteiger partial charge in [0, 0.05) is 11.8 Å². The van der Waals surface area contributed by atoms with E-state index in [0.717, 1.165) is 5.75 Å². The van der Waals surface area contributed by atoms with Crippen molar-refractivity contribution >= 4 is 17.3 Å². The summed E-state index contributed by atoms with van der Waals surface area (Å²) in [5.74, 6) is 0.724. The Kier molecular flexibility index (Phi) is 6.84. The summed E-state index contributed by atoms with van der Waals surface area (Å²) in [6.07, 6.45) is 0. The van der Waals surface area contributed by atoms with Crippen LogP contribution in [0, 0.1) is 5.82 Å². The lowest BCUT2D eigenvalue weighted by Crippen LogP contribution is -2.22. The van der Waals surface area contributed by atoms with Crippen molar-refractivity contribution in [2.24, 2.45) is 0 Å². The minimum Gasteiger partial charge on any atom is -0.490 e. The highest BCUT2D eigenvalue weighted by molar-refractivity contribution is 5.93. The maximum absolute atomic E-state index is 13.6. The quantitative estimate of drug-likeness (QED) is 0.543. The molecular formula is C22H21FN2O3. The Morgan fingerprint density at radius 1 is 0.821 bits per heavy atom. The number of amides is 1. The van der Waals surface area contributed by atoms with Crippen molar-refractivity contribution in [3.8, 4) is 11.5 Å². The summed E-state index contributed by atoms with van der Waals surface area (Å²) in [7, 11) is 0. The van der Waals surface area contributed by atoms with Gasteiger partial charge in [0.1, 0.15) is 30.5 Å². The molecule has 0 aliphatic heterocycles. The molecule has 0 aromatic heterocycles. The van der Waals surface area contributed by atoms with Crippen LogP contribution in [0.1, 0.15) is 0 Å².